The number of rotatable bonds is 5. The molecule has 0 bridgehead atoms. The molecule has 0 saturated carbocycles. The normalized spacial score (nSPS) is 10.3. The van der Waals surface area contributed by atoms with E-state index in [9.17, 15) is 9.59 Å². The summed E-state index contributed by atoms with van der Waals surface area (Å²) in [5, 5.41) is 21.9. The third-order valence-electron chi connectivity index (χ3n) is 1.14. The molecular formula is C7H13N2NaO4. The molecule has 0 unspecified atom stereocenters. The van der Waals surface area contributed by atoms with Crippen LogP contribution in [0.2, 0.25) is 0 Å². The Morgan fingerprint density at radius 2 is 1.79 bits per heavy atom. The van der Waals surface area contributed by atoms with Gasteiger partial charge in [0.05, 0.1) is 6.42 Å². The monoisotopic (exact) mass is 212 g/mol. The fourth-order valence-corrected chi connectivity index (χ4v) is 0.666. The van der Waals surface area contributed by atoms with Crippen LogP contribution in [0.5, 0.6) is 0 Å². The minimum atomic E-state index is -1.19. The van der Waals surface area contributed by atoms with Crippen LogP contribution in [0, 0.1) is 0 Å². The summed E-state index contributed by atoms with van der Waals surface area (Å²) in [7, 11) is 3.15. The van der Waals surface area contributed by atoms with E-state index in [0.29, 0.717) is 0 Å². The fourth-order valence-electron chi connectivity index (χ4n) is 0.666. The Bertz CT molecular complexity index is 245. The molecule has 0 aromatic heterocycles. The van der Waals surface area contributed by atoms with E-state index in [1.165, 1.54) is 5.01 Å². The molecular weight excluding hydrogens is 199 g/mol. The topological polar surface area (TPSA) is 90.2 Å². The average Bonchev–Trinajstić information content (AvgIpc) is 1.96. The first-order chi connectivity index (χ1) is 5.93. The summed E-state index contributed by atoms with van der Waals surface area (Å²) in [5.41, 5.74) is -0.146. The summed E-state index contributed by atoms with van der Waals surface area (Å²) < 4.78 is 0. The smallest absolute Gasteiger partial charge is 1.00 e. The summed E-state index contributed by atoms with van der Waals surface area (Å²) in [6.45, 7) is 0. The molecule has 7 heteroatoms. The van der Waals surface area contributed by atoms with Gasteiger partial charge in [0.15, 0.2) is 0 Å². The van der Waals surface area contributed by atoms with Gasteiger partial charge in [-0.3, -0.25) is 4.79 Å². The first-order valence-corrected chi connectivity index (χ1v) is 3.63. The molecule has 0 heterocycles. The first kappa shape index (κ1) is 15.9. The van der Waals surface area contributed by atoms with Gasteiger partial charge >= 0.3 is 41.5 Å². The van der Waals surface area contributed by atoms with E-state index in [1.54, 1.807) is 14.1 Å². The second kappa shape index (κ2) is 7.78. The maximum atomic E-state index is 10.5. The molecule has 0 atom stereocenters. The van der Waals surface area contributed by atoms with Crippen molar-refractivity contribution in [1.82, 2.24) is 5.01 Å². The number of carboxylic acids is 2. The van der Waals surface area contributed by atoms with E-state index in [1.807, 2.05) is 0 Å². The van der Waals surface area contributed by atoms with Crippen molar-refractivity contribution in [3.63, 3.8) is 0 Å². The standard InChI is InChI=1S/C7H12N2O4.Na.H/c1-9(2)8-5(7(12)13)3-4-6(10)11;;/h3-4H2,1-2H3,(H,10,11)(H,12,13);;/q;+1;-1. The maximum Gasteiger partial charge on any atom is 1.00 e. The Hall–Kier alpha value is -0.590. The number of carboxylic acid groups (broad SMARTS) is 2. The van der Waals surface area contributed by atoms with Gasteiger partial charge in [-0.25, -0.2) is 4.79 Å². The van der Waals surface area contributed by atoms with Gasteiger partial charge in [-0.15, -0.1) is 0 Å². The molecule has 2 N–H and O–H groups in total. The van der Waals surface area contributed by atoms with E-state index >= 15 is 0 Å². The van der Waals surface area contributed by atoms with E-state index in [4.69, 9.17) is 10.2 Å². The Kier molecular flexibility index (Phi) is 8.82. The molecule has 0 saturated heterocycles. The van der Waals surface area contributed by atoms with Gasteiger partial charge in [-0.1, -0.05) is 0 Å². The van der Waals surface area contributed by atoms with E-state index in [0.717, 1.165) is 0 Å². The van der Waals surface area contributed by atoms with Crippen molar-refractivity contribution in [3.05, 3.63) is 0 Å². The minimum absolute atomic E-state index is 0. The predicted molar refractivity (Wildman–Crippen MR) is 46.7 cm³/mol. The van der Waals surface area contributed by atoms with Crippen LogP contribution in [0.1, 0.15) is 14.3 Å². The Morgan fingerprint density at radius 1 is 1.29 bits per heavy atom. The van der Waals surface area contributed by atoms with Gasteiger partial charge in [0, 0.05) is 20.5 Å². The number of aliphatic carboxylic acids is 2. The number of carbonyl (C=O) groups is 2. The van der Waals surface area contributed by atoms with Gasteiger partial charge < -0.3 is 16.6 Å². The largest absolute Gasteiger partial charge is 1.00 e. The average molecular weight is 212 g/mol. The first-order valence-electron chi connectivity index (χ1n) is 3.63. The number of nitrogens with zero attached hydrogens (tertiary/aromatic N) is 2. The quantitative estimate of drug-likeness (QED) is 0.287. The van der Waals surface area contributed by atoms with Crippen molar-refractivity contribution in [2.45, 2.75) is 12.8 Å². The van der Waals surface area contributed by atoms with Gasteiger partial charge in [0.25, 0.3) is 0 Å². The maximum absolute atomic E-state index is 10.5. The fraction of sp³-hybridized carbons (Fsp3) is 0.571. The summed E-state index contributed by atoms with van der Waals surface area (Å²) in [5.74, 6) is -2.22. The molecule has 76 valence electrons. The number of hydrogen-bond donors (Lipinski definition) is 2. The molecule has 0 fully saturated rings. The second-order valence-electron chi connectivity index (χ2n) is 2.59. The Balaban J connectivity index is -0.000000720. The third-order valence-corrected chi connectivity index (χ3v) is 1.14. The molecule has 0 aromatic rings. The van der Waals surface area contributed by atoms with E-state index in [-0.39, 0.29) is 49.5 Å². The zero-order valence-corrected chi connectivity index (χ0v) is 10.5. The van der Waals surface area contributed by atoms with Gasteiger partial charge in [0.1, 0.15) is 5.71 Å². The van der Waals surface area contributed by atoms with Crippen LogP contribution in [0.4, 0.5) is 0 Å². The predicted octanol–water partition coefficient (Wildman–Crippen LogP) is -3.03. The Morgan fingerprint density at radius 3 is 2.07 bits per heavy atom. The summed E-state index contributed by atoms with van der Waals surface area (Å²) in [6.07, 6.45) is -0.290. The van der Waals surface area contributed by atoms with Crippen molar-refractivity contribution < 1.29 is 50.8 Å². The van der Waals surface area contributed by atoms with Crippen LogP contribution in [-0.4, -0.2) is 47.0 Å². The summed E-state index contributed by atoms with van der Waals surface area (Å²) in [6, 6.07) is 0. The molecule has 0 aliphatic carbocycles. The zero-order valence-electron chi connectivity index (χ0n) is 9.52. The van der Waals surface area contributed by atoms with Crippen molar-refractivity contribution in [2.24, 2.45) is 5.10 Å². The molecule has 0 aliphatic heterocycles. The van der Waals surface area contributed by atoms with Crippen LogP contribution in [-0.2, 0) is 9.59 Å². The third kappa shape index (κ3) is 8.03. The van der Waals surface area contributed by atoms with E-state index in [2.05, 4.69) is 5.10 Å². The van der Waals surface area contributed by atoms with Crippen molar-refractivity contribution in [3.8, 4) is 0 Å². The SMILES string of the molecule is CN(C)N=C(CCC(=O)O)C(=O)O.[H-].[Na+]. The molecule has 0 rings (SSSR count). The van der Waals surface area contributed by atoms with Gasteiger partial charge in [-0.05, 0) is 0 Å². The van der Waals surface area contributed by atoms with Crippen LogP contribution in [0.15, 0.2) is 5.10 Å². The molecule has 0 spiro atoms. The Labute approximate surface area is 105 Å². The number of hydrazone groups is 1. The zero-order chi connectivity index (χ0) is 10.4. The molecule has 0 radical (unpaired) electrons. The van der Waals surface area contributed by atoms with Gasteiger partial charge in [0.2, 0.25) is 0 Å². The van der Waals surface area contributed by atoms with Crippen molar-refractivity contribution >= 4 is 17.7 Å². The van der Waals surface area contributed by atoms with Crippen LogP contribution < -0.4 is 29.6 Å². The summed E-state index contributed by atoms with van der Waals surface area (Å²) in [4.78, 5) is 20.6. The molecule has 0 aromatic carbocycles. The molecule has 0 amide bonds. The number of hydrogen-bond acceptors (Lipinski definition) is 4. The molecule has 14 heavy (non-hydrogen) atoms. The second-order valence-corrected chi connectivity index (χ2v) is 2.59. The van der Waals surface area contributed by atoms with Crippen LogP contribution >= 0.6 is 0 Å². The molecule has 0 aliphatic rings. The van der Waals surface area contributed by atoms with Crippen LogP contribution in [0.25, 0.3) is 0 Å². The van der Waals surface area contributed by atoms with Crippen LogP contribution in [0.3, 0.4) is 0 Å². The van der Waals surface area contributed by atoms with E-state index < -0.39 is 11.9 Å². The van der Waals surface area contributed by atoms with Crippen molar-refractivity contribution in [1.29, 1.82) is 0 Å². The minimum Gasteiger partial charge on any atom is -1.00 e. The molecule has 6 nitrogen and oxygen atoms in total. The van der Waals surface area contributed by atoms with Gasteiger partial charge in [-0.2, -0.15) is 5.10 Å². The van der Waals surface area contributed by atoms with Crippen molar-refractivity contribution in [2.75, 3.05) is 14.1 Å². The summed E-state index contributed by atoms with van der Waals surface area (Å²) >= 11 is 0.